The number of aryl methyl sites for hydroxylation is 1. The molecule has 0 aliphatic carbocycles. The molecule has 0 amide bonds. The van der Waals surface area contributed by atoms with Crippen molar-refractivity contribution in [1.29, 1.82) is 0 Å². The predicted molar refractivity (Wildman–Crippen MR) is 59.3 cm³/mol. The van der Waals surface area contributed by atoms with Crippen LogP contribution in [0.3, 0.4) is 0 Å². The van der Waals surface area contributed by atoms with Crippen LogP contribution < -0.4 is 4.74 Å². The summed E-state index contributed by atoms with van der Waals surface area (Å²) in [6.45, 7) is 1.58. The number of benzene rings is 1. The minimum Gasteiger partial charge on any atom is -0.497 e. The van der Waals surface area contributed by atoms with Gasteiger partial charge in [-0.2, -0.15) is 13.2 Å². The van der Waals surface area contributed by atoms with E-state index in [1.54, 1.807) is 6.92 Å². The van der Waals surface area contributed by atoms with E-state index in [0.717, 1.165) is 12.1 Å². The van der Waals surface area contributed by atoms with E-state index in [1.807, 2.05) is 0 Å². The van der Waals surface area contributed by atoms with Crippen molar-refractivity contribution in [1.82, 2.24) is 20.4 Å². The summed E-state index contributed by atoms with van der Waals surface area (Å²) < 4.78 is 43.0. The van der Waals surface area contributed by atoms with Gasteiger partial charge in [0, 0.05) is 5.56 Å². The lowest BCUT2D eigenvalue weighted by Crippen LogP contribution is -2.06. The maximum atomic E-state index is 12.7. The lowest BCUT2D eigenvalue weighted by molar-refractivity contribution is -0.137. The quantitative estimate of drug-likeness (QED) is 0.837. The molecule has 1 heterocycles. The molecule has 0 radical (unpaired) electrons. The van der Waals surface area contributed by atoms with Crippen molar-refractivity contribution in [2.45, 2.75) is 13.1 Å². The van der Waals surface area contributed by atoms with Crippen LogP contribution in [0.5, 0.6) is 5.75 Å². The number of hydrogen-bond donors (Lipinski definition) is 0. The first-order valence-corrected chi connectivity index (χ1v) is 5.21. The van der Waals surface area contributed by atoms with Gasteiger partial charge in [-0.1, -0.05) is 0 Å². The predicted octanol–water partition coefficient (Wildman–Crippen LogP) is 2.27. The molecule has 2 rings (SSSR count). The first kappa shape index (κ1) is 13.2. The molecule has 0 bridgehead atoms. The number of rotatable bonds is 2. The summed E-state index contributed by atoms with van der Waals surface area (Å²) >= 11 is 0. The second kappa shape index (κ2) is 4.79. The average molecular weight is 270 g/mol. The Bertz CT molecular complexity index is 583. The molecule has 1 aromatic carbocycles. The Hall–Kier alpha value is -2.25. The number of halogens is 3. The van der Waals surface area contributed by atoms with E-state index in [-0.39, 0.29) is 17.1 Å². The molecule has 0 N–H and O–H groups in total. The van der Waals surface area contributed by atoms with E-state index in [9.17, 15) is 13.2 Å². The van der Waals surface area contributed by atoms with Gasteiger partial charge in [0.15, 0.2) is 5.82 Å². The maximum absolute atomic E-state index is 12.7. The lowest BCUT2D eigenvalue weighted by Gasteiger charge is -2.10. The molecule has 0 aliphatic heterocycles. The van der Waals surface area contributed by atoms with Gasteiger partial charge in [0.05, 0.1) is 12.7 Å². The molecule has 8 heteroatoms. The number of nitrogens with zero attached hydrogens (tertiary/aromatic N) is 4. The second-order valence-corrected chi connectivity index (χ2v) is 3.72. The highest BCUT2D eigenvalue weighted by Gasteiger charge is 2.31. The molecule has 0 unspecified atom stereocenters. The first-order chi connectivity index (χ1) is 8.90. The molecule has 0 fully saturated rings. The summed E-state index contributed by atoms with van der Waals surface area (Å²) in [7, 11) is 1.28. The van der Waals surface area contributed by atoms with Crippen molar-refractivity contribution in [3.05, 3.63) is 29.6 Å². The van der Waals surface area contributed by atoms with Gasteiger partial charge in [-0.15, -0.1) is 20.4 Å². The molecule has 0 saturated heterocycles. The van der Waals surface area contributed by atoms with Crippen molar-refractivity contribution in [3.8, 4) is 17.1 Å². The molecule has 0 atom stereocenters. The Balaban J connectivity index is 2.54. The summed E-state index contributed by atoms with van der Waals surface area (Å²) in [6, 6.07) is 3.22. The minimum atomic E-state index is -4.48. The highest BCUT2D eigenvalue weighted by Crippen LogP contribution is 2.34. The van der Waals surface area contributed by atoms with Crippen LogP contribution in [0, 0.1) is 6.92 Å². The van der Waals surface area contributed by atoms with Gasteiger partial charge >= 0.3 is 6.18 Å². The third kappa shape index (κ3) is 2.95. The smallest absolute Gasteiger partial charge is 0.416 e. The van der Waals surface area contributed by atoms with Crippen molar-refractivity contribution in [3.63, 3.8) is 0 Å². The van der Waals surface area contributed by atoms with Crippen LogP contribution in [0.15, 0.2) is 18.2 Å². The van der Waals surface area contributed by atoms with Crippen LogP contribution >= 0.6 is 0 Å². The molecular formula is C11H9F3N4O. The standard InChI is InChI=1S/C11H9F3N4O/c1-6-15-17-10(18-16-6)7-3-8(11(12,13)14)5-9(4-7)19-2/h3-5H,1-2H3. The number of alkyl halides is 3. The Labute approximate surface area is 106 Å². The van der Waals surface area contributed by atoms with Crippen LogP contribution in [-0.4, -0.2) is 27.5 Å². The van der Waals surface area contributed by atoms with E-state index in [2.05, 4.69) is 20.4 Å². The number of ether oxygens (including phenoxy) is 1. The molecule has 0 saturated carbocycles. The number of methoxy groups -OCH3 is 1. The van der Waals surface area contributed by atoms with Gasteiger partial charge in [-0.25, -0.2) is 0 Å². The molecule has 0 spiro atoms. The fraction of sp³-hybridized carbons (Fsp3) is 0.273. The monoisotopic (exact) mass is 270 g/mol. The molecule has 2 aromatic rings. The van der Waals surface area contributed by atoms with Gasteiger partial charge < -0.3 is 4.74 Å². The SMILES string of the molecule is COc1cc(-c2nnc(C)nn2)cc(C(F)(F)F)c1. The Morgan fingerprint density at radius 1 is 1.00 bits per heavy atom. The van der Waals surface area contributed by atoms with Crippen molar-refractivity contribution >= 4 is 0 Å². The lowest BCUT2D eigenvalue weighted by atomic mass is 10.1. The molecule has 1 aromatic heterocycles. The Morgan fingerprint density at radius 2 is 1.63 bits per heavy atom. The van der Waals surface area contributed by atoms with Crippen LogP contribution in [-0.2, 0) is 6.18 Å². The van der Waals surface area contributed by atoms with Gasteiger partial charge in [0.1, 0.15) is 5.75 Å². The van der Waals surface area contributed by atoms with E-state index in [1.165, 1.54) is 13.2 Å². The molecular weight excluding hydrogens is 261 g/mol. The largest absolute Gasteiger partial charge is 0.497 e. The summed E-state index contributed by atoms with van der Waals surface area (Å²) in [6.07, 6.45) is -4.48. The van der Waals surface area contributed by atoms with Crippen molar-refractivity contribution in [2.75, 3.05) is 7.11 Å². The molecule has 19 heavy (non-hydrogen) atoms. The number of hydrogen-bond acceptors (Lipinski definition) is 5. The van der Waals surface area contributed by atoms with Crippen LogP contribution in [0.2, 0.25) is 0 Å². The highest BCUT2D eigenvalue weighted by molar-refractivity contribution is 5.58. The normalized spacial score (nSPS) is 11.4. The molecule has 0 aliphatic rings. The zero-order chi connectivity index (χ0) is 14.0. The van der Waals surface area contributed by atoms with E-state index in [0.29, 0.717) is 5.82 Å². The Morgan fingerprint density at radius 3 is 2.16 bits per heavy atom. The maximum Gasteiger partial charge on any atom is 0.416 e. The summed E-state index contributed by atoms with van der Waals surface area (Å²) in [5.74, 6) is 0.409. The topological polar surface area (TPSA) is 60.8 Å². The minimum absolute atomic E-state index is 0.00926. The third-order valence-corrected chi connectivity index (χ3v) is 2.31. The highest BCUT2D eigenvalue weighted by atomic mass is 19.4. The van der Waals surface area contributed by atoms with E-state index >= 15 is 0 Å². The first-order valence-electron chi connectivity index (χ1n) is 5.21. The summed E-state index contributed by atoms with van der Waals surface area (Å²) in [4.78, 5) is 0. The van der Waals surface area contributed by atoms with Gasteiger partial charge in [-0.05, 0) is 25.1 Å². The van der Waals surface area contributed by atoms with Gasteiger partial charge in [-0.3, -0.25) is 0 Å². The summed E-state index contributed by atoms with van der Waals surface area (Å²) in [5.41, 5.74) is -0.697. The van der Waals surface area contributed by atoms with Gasteiger partial charge in [0.25, 0.3) is 0 Å². The van der Waals surface area contributed by atoms with Crippen LogP contribution in [0.4, 0.5) is 13.2 Å². The van der Waals surface area contributed by atoms with E-state index < -0.39 is 11.7 Å². The fourth-order valence-electron chi connectivity index (χ4n) is 1.40. The zero-order valence-corrected chi connectivity index (χ0v) is 10.1. The van der Waals surface area contributed by atoms with Crippen LogP contribution in [0.25, 0.3) is 11.4 Å². The summed E-state index contributed by atoms with van der Waals surface area (Å²) in [5, 5.41) is 14.7. The van der Waals surface area contributed by atoms with Crippen LogP contribution in [0.1, 0.15) is 11.4 Å². The van der Waals surface area contributed by atoms with Crippen molar-refractivity contribution < 1.29 is 17.9 Å². The molecule has 100 valence electrons. The third-order valence-electron chi connectivity index (χ3n) is 2.31. The number of aromatic nitrogens is 4. The Kier molecular flexibility index (Phi) is 3.32. The fourth-order valence-corrected chi connectivity index (χ4v) is 1.40. The average Bonchev–Trinajstić information content (AvgIpc) is 2.38. The van der Waals surface area contributed by atoms with Crippen molar-refractivity contribution in [2.24, 2.45) is 0 Å². The zero-order valence-electron chi connectivity index (χ0n) is 10.1. The second-order valence-electron chi connectivity index (χ2n) is 3.72. The molecule has 5 nitrogen and oxygen atoms in total. The van der Waals surface area contributed by atoms with Gasteiger partial charge in [0.2, 0.25) is 5.82 Å². The van der Waals surface area contributed by atoms with E-state index in [4.69, 9.17) is 4.74 Å².